The molecule has 0 bridgehead atoms. The third-order valence-corrected chi connectivity index (χ3v) is 4.28. The Bertz CT molecular complexity index is 779. The van der Waals surface area contributed by atoms with Crippen LogP contribution in [-0.2, 0) is 22.6 Å². The van der Waals surface area contributed by atoms with Crippen LogP contribution in [0.1, 0.15) is 17.5 Å². The highest BCUT2D eigenvalue weighted by molar-refractivity contribution is 6.10. The van der Waals surface area contributed by atoms with Crippen molar-refractivity contribution in [3.8, 4) is 5.75 Å². The highest BCUT2D eigenvalue weighted by atomic mass is 16.5. The van der Waals surface area contributed by atoms with Gasteiger partial charge in [0.15, 0.2) is 5.78 Å². The van der Waals surface area contributed by atoms with Crippen LogP contribution < -0.4 is 4.74 Å². The van der Waals surface area contributed by atoms with Crippen LogP contribution in [-0.4, -0.2) is 18.6 Å². The average molecular weight is 335 g/mol. The summed E-state index contributed by atoms with van der Waals surface area (Å²) < 4.78 is 11.1. The molecule has 2 aromatic rings. The van der Waals surface area contributed by atoms with Gasteiger partial charge in [0.2, 0.25) is 0 Å². The van der Waals surface area contributed by atoms with Gasteiger partial charge in [0, 0.05) is 18.2 Å². The van der Waals surface area contributed by atoms with E-state index in [0.717, 1.165) is 16.9 Å². The van der Waals surface area contributed by atoms with Gasteiger partial charge >= 0.3 is 0 Å². The summed E-state index contributed by atoms with van der Waals surface area (Å²) in [6.07, 6.45) is 2.39. The number of hydrogen-bond donors (Lipinski definition) is 1. The highest BCUT2D eigenvalue weighted by Gasteiger charge is 2.28. The van der Waals surface area contributed by atoms with Crippen molar-refractivity contribution in [2.45, 2.75) is 19.4 Å². The molecule has 1 unspecified atom stereocenters. The zero-order valence-corrected chi connectivity index (χ0v) is 14.2. The van der Waals surface area contributed by atoms with Crippen LogP contribution in [0.25, 0.3) is 0 Å². The Morgan fingerprint density at radius 3 is 2.44 bits per heavy atom. The average Bonchev–Trinajstić information content (AvgIpc) is 2.63. The lowest BCUT2D eigenvalue weighted by Gasteiger charge is -2.25. The summed E-state index contributed by atoms with van der Waals surface area (Å²) in [6, 6.07) is 17.6. The first kappa shape index (κ1) is 17.0. The van der Waals surface area contributed by atoms with Crippen LogP contribution in [0.4, 0.5) is 0 Å². The quantitative estimate of drug-likeness (QED) is 0.869. The van der Waals surface area contributed by atoms with Gasteiger partial charge in [-0.15, -0.1) is 0 Å². The Morgan fingerprint density at radius 2 is 1.76 bits per heavy atom. The lowest BCUT2D eigenvalue weighted by Crippen LogP contribution is -2.27. The lowest BCUT2D eigenvalue weighted by molar-refractivity contribution is -0.114. The molecule has 1 N–H and O–H groups in total. The van der Waals surface area contributed by atoms with Crippen molar-refractivity contribution in [2.75, 3.05) is 7.11 Å². The number of nitrogens with one attached hydrogen (secondary N) is 1. The molecule has 2 aromatic carbocycles. The molecule has 0 saturated carbocycles. The maximum absolute atomic E-state index is 11.9. The molecular weight excluding hydrogens is 314 g/mol. The van der Waals surface area contributed by atoms with Crippen LogP contribution in [0.2, 0.25) is 0 Å². The summed E-state index contributed by atoms with van der Waals surface area (Å²) in [6.45, 7) is 0.363. The SMILES string of the molecule is COc1ccc(COC2=CC(=O)CC(=N)C2Cc2ccccc2)cc1. The van der Waals surface area contributed by atoms with Crippen LogP contribution in [0.3, 0.4) is 0 Å². The largest absolute Gasteiger partial charge is 0.497 e. The van der Waals surface area contributed by atoms with Gasteiger partial charge in [-0.2, -0.15) is 0 Å². The fourth-order valence-corrected chi connectivity index (χ4v) is 2.90. The van der Waals surface area contributed by atoms with E-state index in [1.54, 1.807) is 13.2 Å². The lowest BCUT2D eigenvalue weighted by atomic mass is 9.86. The number of ether oxygens (including phenoxy) is 2. The molecule has 4 nitrogen and oxygen atoms in total. The summed E-state index contributed by atoms with van der Waals surface area (Å²) in [5.74, 6) is 1.12. The number of allylic oxidation sites excluding steroid dienone is 2. The molecule has 0 aliphatic heterocycles. The molecule has 0 radical (unpaired) electrons. The van der Waals surface area contributed by atoms with Crippen molar-refractivity contribution in [1.82, 2.24) is 0 Å². The van der Waals surface area contributed by atoms with E-state index in [4.69, 9.17) is 14.9 Å². The molecule has 0 fully saturated rings. The molecule has 0 saturated heterocycles. The van der Waals surface area contributed by atoms with Crippen molar-refractivity contribution in [1.29, 1.82) is 5.41 Å². The van der Waals surface area contributed by atoms with Crippen LogP contribution in [0.15, 0.2) is 66.4 Å². The second kappa shape index (κ2) is 7.79. The zero-order chi connectivity index (χ0) is 17.6. The summed E-state index contributed by atoms with van der Waals surface area (Å²) in [7, 11) is 1.63. The Labute approximate surface area is 147 Å². The monoisotopic (exact) mass is 335 g/mol. The Hall–Kier alpha value is -2.88. The number of carbonyl (C=O) groups is 1. The van der Waals surface area contributed by atoms with E-state index in [0.29, 0.717) is 24.5 Å². The first-order valence-electron chi connectivity index (χ1n) is 8.27. The smallest absolute Gasteiger partial charge is 0.164 e. The van der Waals surface area contributed by atoms with Gasteiger partial charge in [0.1, 0.15) is 18.1 Å². The summed E-state index contributed by atoms with van der Waals surface area (Å²) >= 11 is 0. The van der Waals surface area contributed by atoms with E-state index in [1.807, 2.05) is 54.6 Å². The van der Waals surface area contributed by atoms with Crippen molar-refractivity contribution in [2.24, 2.45) is 5.92 Å². The molecule has 1 aliphatic rings. The summed E-state index contributed by atoms with van der Waals surface area (Å²) in [4.78, 5) is 11.9. The molecule has 0 heterocycles. The zero-order valence-electron chi connectivity index (χ0n) is 14.2. The van der Waals surface area contributed by atoms with Crippen LogP contribution >= 0.6 is 0 Å². The second-order valence-corrected chi connectivity index (χ2v) is 6.09. The topological polar surface area (TPSA) is 59.4 Å². The molecule has 25 heavy (non-hydrogen) atoms. The third kappa shape index (κ3) is 4.35. The van der Waals surface area contributed by atoms with Crippen molar-refractivity contribution in [3.05, 3.63) is 77.6 Å². The van der Waals surface area contributed by atoms with Crippen molar-refractivity contribution >= 4 is 11.5 Å². The minimum atomic E-state index is -0.182. The molecule has 4 heteroatoms. The molecule has 0 amide bonds. The van der Waals surface area contributed by atoms with Gasteiger partial charge in [-0.05, 0) is 29.7 Å². The first-order valence-corrected chi connectivity index (χ1v) is 8.27. The number of methoxy groups -OCH3 is 1. The fourth-order valence-electron chi connectivity index (χ4n) is 2.90. The first-order chi connectivity index (χ1) is 12.2. The number of ketones is 1. The predicted octanol–water partition coefficient (Wildman–Crippen LogP) is 3.95. The maximum Gasteiger partial charge on any atom is 0.164 e. The van der Waals surface area contributed by atoms with E-state index >= 15 is 0 Å². The van der Waals surface area contributed by atoms with Crippen LogP contribution in [0, 0.1) is 11.3 Å². The standard InChI is InChI=1S/C21H21NO3/c1-24-18-9-7-16(8-10-18)14-25-21-13-17(23)12-20(22)19(21)11-15-5-3-2-4-6-15/h2-10,13,19,22H,11-12,14H2,1H3. The number of carbonyl (C=O) groups excluding carboxylic acids is 1. The van der Waals surface area contributed by atoms with E-state index in [-0.39, 0.29) is 18.1 Å². The van der Waals surface area contributed by atoms with Gasteiger partial charge in [-0.1, -0.05) is 42.5 Å². The van der Waals surface area contributed by atoms with E-state index in [2.05, 4.69) is 0 Å². The number of rotatable bonds is 6. The van der Waals surface area contributed by atoms with Gasteiger partial charge < -0.3 is 14.9 Å². The van der Waals surface area contributed by atoms with Crippen LogP contribution in [0.5, 0.6) is 5.75 Å². The fraction of sp³-hybridized carbons (Fsp3) is 0.238. The number of benzene rings is 2. The van der Waals surface area contributed by atoms with Gasteiger partial charge in [0.05, 0.1) is 13.0 Å². The molecule has 0 spiro atoms. The minimum Gasteiger partial charge on any atom is -0.497 e. The summed E-state index contributed by atoms with van der Waals surface area (Å²) in [5.41, 5.74) is 2.54. The molecule has 3 rings (SSSR count). The van der Waals surface area contributed by atoms with Gasteiger partial charge in [-0.3, -0.25) is 4.79 Å². The molecular formula is C21H21NO3. The Kier molecular flexibility index (Phi) is 5.29. The minimum absolute atomic E-state index is 0.0703. The molecule has 128 valence electrons. The van der Waals surface area contributed by atoms with Gasteiger partial charge in [-0.25, -0.2) is 0 Å². The Morgan fingerprint density at radius 1 is 1.04 bits per heavy atom. The normalized spacial score (nSPS) is 17.2. The highest BCUT2D eigenvalue weighted by Crippen LogP contribution is 2.26. The molecule has 0 aromatic heterocycles. The Balaban J connectivity index is 1.73. The summed E-state index contributed by atoms with van der Waals surface area (Å²) in [5, 5.41) is 8.23. The van der Waals surface area contributed by atoms with E-state index in [9.17, 15) is 4.79 Å². The van der Waals surface area contributed by atoms with E-state index in [1.165, 1.54) is 0 Å². The van der Waals surface area contributed by atoms with Crippen molar-refractivity contribution < 1.29 is 14.3 Å². The third-order valence-electron chi connectivity index (χ3n) is 4.28. The van der Waals surface area contributed by atoms with E-state index < -0.39 is 0 Å². The van der Waals surface area contributed by atoms with Crippen molar-refractivity contribution in [3.63, 3.8) is 0 Å². The predicted molar refractivity (Wildman–Crippen MR) is 96.9 cm³/mol. The maximum atomic E-state index is 11.9. The molecule has 1 atom stereocenters. The van der Waals surface area contributed by atoms with Gasteiger partial charge in [0.25, 0.3) is 0 Å². The second-order valence-electron chi connectivity index (χ2n) is 6.09. The molecule has 1 aliphatic carbocycles. The number of hydrogen-bond acceptors (Lipinski definition) is 4.